The van der Waals surface area contributed by atoms with Gasteiger partial charge in [0.1, 0.15) is 0 Å². The van der Waals surface area contributed by atoms with E-state index in [1.807, 2.05) is 12.1 Å². The van der Waals surface area contributed by atoms with Crippen LogP contribution < -0.4 is 0 Å². The first-order valence-electron chi connectivity index (χ1n) is 13.4. The lowest BCUT2D eigenvalue weighted by Crippen LogP contribution is -1.93. The fourth-order valence-electron chi connectivity index (χ4n) is 5.36. The van der Waals surface area contributed by atoms with Crippen LogP contribution in [0.2, 0.25) is 0 Å². The summed E-state index contributed by atoms with van der Waals surface area (Å²) >= 11 is 9.20. The molecule has 0 unspecified atom stereocenters. The number of halogens is 3. The molecule has 41 heavy (non-hydrogen) atoms. The van der Waals surface area contributed by atoms with E-state index >= 15 is 0 Å². The van der Waals surface area contributed by atoms with E-state index < -0.39 is 0 Å². The van der Waals surface area contributed by atoms with Gasteiger partial charge in [0.25, 0.3) is 0 Å². The van der Waals surface area contributed by atoms with Crippen molar-refractivity contribution < 1.29 is 0 Å². The zero-order valence-electron chi connectivity index (χ0n) is 22.1. The lowest BCUT2D eigenvalue weighted by atomic mass is 10.1. The highest BCUT2D eigenvalue weighted by Gasteiger charge is 2.16. The number of aromatic nitrogens is 1. The fraction of sp³-hybridized carbons (Fsp3) is 0.0270. The highest BCUT2D eigenvalue weighted by atomic mass is 127. The Bertz CT molecular complexity index is 1860. The third-order valence-corrected chi connectivity index (χ3v) is 8.80. The van der Waals surface area contributed by atoms with Crippen LogP contribution >= 0.6 is 54.5 Å². The number of nitrogens with zero attached hydrogens (tertiary/aromatic N) is 1. The molecule has 0 saturated heterocycles. The van der Waals surface area contributed by atoms with E-state index in [-0.39, 0.29) is 0 Å². The minimum atomic E-state index is 1.09. The minimum absolute atomic E-state index is 1.09. The van der Waals surface area contributed by atoms with Crippen LogP contribution in [0.15, 0.2) is 155 Å². The maximum Gasteiger partial charge on any atom is 0.0541 e. The van der Waals surface area contributed by atoms with E-state index in [0.717, 1.165) is 15.4 Å². The summed E-state index contributed by atoms with van der Waals surface area (Å²) in [4.78, 5) is 0. The minimum Gasteiger partial charge on any atom is -0.309 e. The molecule has 0 saturated carbocycles. The van der Waals surface area contributed by atoms with Crippen molar-refractivity contribution in [2.75, 3.05) is 0 Å². The van der Waals surface area contributed by atoms with Crippen molar-refractivity contribution in [2.45, 2.75) is 6.42 Å². The third kappa shape index (κ3) is 6.20. The second-order valence-electron chi connectivity index (χ2n) is 9.78. The number of para-hydroxylation sites is 2. The van der Waals surface area contributed by atoms with E-state index in [1.54, 1.807) is 0 Å². The molecule has 1 heterocycles. The molecule has 0 spiro atoms. The first-order valence-corrected chi connectivity index (χ1v) is 16.1. The molecule has 1 aromatic heterocycles. The molecule has 200 valence electrons. The molecule has 7 aromatic rings. The van der Waals surface area contributed by atoms with Gasteiger partial charge in [-0.25, -0.2) is 0 Å². The average Bonchev–Trinajstić information content (AvgIpc) is 3.54. The van der Waals surface area contributed by atoms with Crippen molar-refractivity contribution in [1.82, 2.24) is 4.57 Å². The third-order valence-electron chi connectivity index (χ3n) is 7.14. The topological polar surface area (TPSA) is 4.93 Å². The highest BCUT2D eigenvalue weighted by molar-refractivity contribution is 14.1. The van der Waals surface area contributed by atoms with Crippen molar-refractivity contribution in [3.8, 4) is 16.8 Å². The molecule has 0 aliphatic heterocycles. The summed E-state index contributed by atoms with van der Waals surface area (Å²) in [7, 11) is 0. The molecule has 0 atom stereocenters. The lowest BCUT2D eigenvalue weighted by Gasteiger charge is -2.07. The number of rotatable bonds is 1. The summed E-state index contributed by atoms with van der Waals surface area (Å²) in [6, 6.07) is 51.0. The van der Waals surface area contributed by atoms with Crippen molar-refractivity contribution in [3.63, 3.8) is 0 Å². The molecule has 1 aliphatic rings. The summed E-state index contributed by atoms with van der Waals surface area (Å²) in [6.07, 6.45) is 1.10. The van der Waals surface area contributed by atoms with E-state index in [0.29, 0.717) is 0 Å². The Kier molecular flexibility index (Phi) is 8.70. The Balaban J connectivity index is 0.000000123. The molecule has 8 rings (SSSR count). The van der Waals surface area contributed by atoms with Gasteiger partial charge in [0, 0.05) is 29.0 Å². The van der Waals surface area contributed by atoms with Gasteiger partial charge < -0.3 is 4.57 Å². The molecule has 1 nitrogen and oxygen atoms in total. The maximum atomic E-state index is 3.56. The Labute approximate surface area is 271 Å². The van der Waals surface area contributed by atoms with E-state index in [1.165, 1.54) is 53.3 Å². The fourth-order valence-corrected chi connectivity index (χ4v) is 7.11. The Morgan fingerprint density at radius 2 is 0.976 bits per heavy atom. The standard InChI is InChI=1S/C18H12BrN.C13H10.C6H4BrI/c19-13-6-5-7-14(12-13)20-17-10-3-1-8-15(17)16-9-2-4-11-18(16)20;1-3-7-12-10(5-1)9-11-6-2-4-8-13(11)12;7-5-2-1-3-6(8)4-5/h1-12H;1-8H,9H2;1-4H. The van der Waals surface area contributed by atoms with Crippen LogP contribution in [0, 0.1) is 3.57 Å². The quantitative estimate of drug-likeness (QED) is 0.147. The molecular weight excluding hydrogens is 745 g/mol. The number of benzene rings is 6. The van der Waals surface area contributed by atoms with Crippen LogP contribution in [0.1, 0.15) is 11.1 Å². The molecule has 0 N–H and O–H groups in total. The summed E-state index contributed by atoms with van der Waals surface area (Å²) < 4.78 is 5.81. The molecule has 1 aliphatic carbocycles. The molecule has 0 amide bonds. The molecule has 4 heteroatoms. The van der Waals surface area contributed by atoms with Crippen LogP contribution in [-0.2, 0) is 6.42 Å². The van der Waals surface area contributed by atoms with Gasteiger partial charge >= 0.3 is 0 Å². The van der Waals surface area contributed by atoms with Crippen molar-refractivity contribution in [1.29, 1.82) is 0 Å². The smallest absolute Gasteiger partial charge is 0.0541 e. The van der Waals surface area contributed by atoms with Gasteiger partial charge in [-0.1, -0.05) is 129 Å². The van der Waals surface area contributed by atoms with Crippen LogP contribution in [0.25, 0.3) is 38.6 Å². The van der Waals surface area contributed by atoms with Gasteiger partial charge in [-0.15, -0.1) is 0 Å². The number of hydrogen-bond acceptors (Lipinski definition) is 0. The molecule has 0 fully saturated rings. The van der Waals surface area contributed by atoms with Gasteiger partial charge in [0.2, 0.25) is 0 Å². The number of fused-ring (bicyclic) bond motifs is 6. The lowest BCUT2D eigenvalue weighted by molar-refractivity contribution is 1.18. The second-order valence-corrected chi connectivity index (χ2v) is 12.9. The van der Waals surface area contributed by atoms with Crippen LogP contribution in [0.4, 0.5) is 0 Å². The summed E-state index contributed by atoms with van der Waals surface area (Å²) in [6.45, 7) is 0. The molecule has 0 bridgehead atoms. The summed E-state index contributed by atoms with van der Waals surface area (Å²) in [5, 5.41) is 2.59. The summed E-state index contributed by atoms with van der Waals surface area (Å²) in [5.74, 6) is 0. The highest BCUT2D eigenvalue weighted by Crippen LogP contribution is 2.36. The monoisotopic (exact) mass is 769 g/mol. The Morgan fingerprint density at radius 1 is 0.488 bits per heavy atom. The summed E-state index contributed by atoms with van der Waals surface area (Å²) in [5.41, 5.74) is 9.42. The second kappa shape index (κ2) is 12.8. The van der Waals surface area contributed by atoms with Crippen LogP contribution in [-0.4, -0.2) is 4.57 Å². The van der Waals surface area contributed by atoms with E-state index in [4.69, 9.17) is 0 Å². The predicted molar refractivity (Wildman–Crippen MR) is 190 cm³/mol. The van der Waals surface area contributed by atoms with Crippen molar-refractivity contribution in [3.05, 3.63) is 169 Å². The zero-order chi connectivity index (χ0) is 28.2. The van der Waals surface area contributed by atoms with Gasteiger partial charge in [-0.3, -0.25) is 0 Å². The molecular formula is C37H26Br2IN. The van der Waals surface area contributed by atoms with Gasteiger partial charge in [0.05, 0.1) is 11.0 Å². The largest absolute Gasteiger partial charge is 0.309 e. The SMILES string of the molecule is Brc1cccc(-n2c3ccccc3c3ccccc32)c1.Brc1cccc(I)c1.c1ccc2c(c1)Cc1ccccc1-2. The van der Waals surface area contributed by atoms with Gasteiger partial charge in [-0.2, -0.15) is 0 Å². The van der Waals surface area contributed by atoms with Crippen molar-refractivity contribution in [2.24, 2.45) is 0 Å². The predicted octanol–water partition coefficient (Wildman–Crippen LogP) is 11.9. The van der Waals surface area contributed by atoms with Gasteiger partial charge in [-0.05, 0) is 99.8 Å². The van der Waals surface area contributed by atoms with Gasteiger partial charge in [0.15, 0.2) is 0 Å². The first-order chi connectivity index (χ1) is 20.1. The zero-order valence-corrected chi connectivity index (χ0v) is 27.5. The first kappa shape index (κ1) is 28.0. The van der Waals surface area contributed by atoms with E-state index in [9.17, 15) is 0 Å². The van der Waals surface area contributed by atoms with Crippen LogP contribution in [0.5, 0.6) is 0 Å². The number of hydrogen-bond donors (Lipinski definition) is 0. The van der Waals surface area contributed by atoms with E-state index in [2.05, 4.69) is 192 Å². The Morgan fingerprint density at radius 3 is 1.49 bits per heavy atom. The van der Waals surface area contributed by atoms with Crippen molar-refractivity contribution >= 4 is 76.3 Å². The Hall–Kier alpha value is -3.19. The average molecular weight is 771 g/mol. The normalized spacial score (nSPS) is 11.2. The molecule has 6 aromatic carbocycles. The molecule has 0 radical (unpaired) electrons. The maximum absolute atomic E-state index is 3.56. The van der Waals surface area contributed by atoms with Crippen LogP contribution in [0.3, 0.4) is 0 Å².